The highest BCUT2D eigenvalue weighted by molar-refractivity contribution is 5.76. The van der Waals surface area contributed by atoms with Crippen molar-refractivity contribution in [1.29, 1.82) is 0 Å². The average molecular weight is 310 g/mol. The van der Waals surface area contributed by atoms with Gasteiger partial charge < -0.3 is 4.90 Å². The molecule has 0 atom stereocenters. The second-order valence-corrected chi connectivity index (χ2v) is 7.35. The zero-order chi connectivity index (χ0) is 16.0. The van der Waals surface area contributed by atoms with E-state index in [1.165, 1.54) is 77.0 Å². The number of piperidine rings is 1. The number of hydrogen-bond donors (Lipinski definition) is 0. The first kappa shape index (κ1) is 19.5. The van der Waals surface area contributed by atoms with Gasteiger partial charge in [-0.3, -0.25) is 4.79 Å². The molecule has 1 heterocycles. The van der Waals surface area contributed by atoms with Crippen LogP contribution in [0.5, 0.6) is 0 Å². The predicted octanol–water partition coefficient (Wildman–Crippen LogP) is 5.95. The van der Waals surface area contributed by atoms with Crippen molar-refractivity contribution >= 4 is 5.91 Å². The maximum absolute atomic E-state index is 12.1. The van der Waals surface area contributed by atoms with Crippen LogP contribution in [-0.2, 0) is 4.79 Å². The highest BCUT2D eigenvalue weighted by Crippen LogP contribution is 2.18. The van der Waals surface area contributed by atoms with Gasteiger partial charge in [-0.25, -0.2) is 0 Å². The highest BCUT2D eigenvalue weighted by atomic mass is 16.2. The van der Waals surface area contributed by atoms with Crippen molar-refractivity contribution in [2.24, 2.45) is 5.92 Å². The molecule has 1 amide bonds. The molecule has 0 aliphatic carbocycles. The molecule has 1 aliphatic rings. The second-order valence-electron chi connectivity index (χ2n) is 7.35. The molecule has 130 valence electrons. The molecule has 0 aromatic heterocycles. The molecule has 0 spiro atoms. The third-order valence-corrected chi connectivity index (χ3v) is 5.13. The summed E-state index contributed by atoms with van der Waals surface area (Å²) in [5, 5.41) is 0. The Kier molecular flexibility index (Phi) is 11.5. The van der Waals surface area contributed by atoms with Gasteiger partial charge >= 0.3 is 0 Å². The lowest BCUT2D eigenvalue weighted by molar-refractivity contribution is -0.132. The highest BCUT2D eigenvalue weighted by Gasteiger charge is 2.19. The lowest BCUT2D eigenvalue weighted by Gasteiger charge is -2.30. The number of carbonyl (C=O) groups excluding carboxylic acids is 1. The number of rotatable bonds is 12. The van der Waals surface area contributed by atoms with E-state index in [0.717, 1.165) is 31.8 Å². The summed E-state index contributed by atoms with van der Waals surface area (Å²) in [5.74, 6) is 1.22. The van der Waals surface area contributed by atoms with Gasteiger partial charge in [0, 0.05) is 19.5 Å². The normalized spacial score (nSPS) is 16.2. The van der Waals surface area contributed by atoms with Crippen molar-refractivity contribution in [2.75, 3.05) is 13.1 Å². The number of nitrogens with zero attached hydrogens (tertiary/aromatic N) is 1. The van der Waals surface area contributed by atoms with E-state index in [-0.39, 0.29) is 0 Å². The van der Waals surface area contributed by atoms with Crippen LogP contribution in [0.3, 0.4) is 0 Å². The third-order valence-electron chi connectivity index (χ3n) is 5.13. The zero-order valence-electron chi connectivity index (χ0n) is 15.2. The Balaban J connectivity index is 1.84. The van der Waals surface area contributed by atoms with Crippen LogP contribution >= 0.6 is 0 Å². The van der Waals surface area contributed by atoms with Crippen LogP contribution in [0.4, 0.5) is 0 Å². The van der Waals surface area contributed by atoms with Gasteiger partial charge in [0.2, 0.25) is 5.91 Å². The molecule has 0 saturated carbocycles. The predicted molar refractivity (Wildman–Crippen MR) is 96.1 cm³/mol. The van der Waals surface area contributed by atoms with E-state index < -0.39 is 0 Å². The molecule has 2 heteroatoms. The first-order valence-corrected chi connectivity index (χ1v) is 10.0. The molecule has 0 radical (unpaired) electrons. The maximum Gasteiger partial charge on any atom is 0.222 e. The molecule has 1 saturated heterocycles. The van der Waals surface area contributed by atoms with Gasteiger partial charge in [-0.2, -0.15) is 0 Å². The summed E-state index contributed by atoms with van der Waals surface area (Å²) in [6, 6.07) is 0. The average Bonchev–Trinajstić information content (AvgIpc) is 2.53. The van der Waals surface area contributed by atoms with Gasteiger partial charge in [-0.1, -0.05) is 78.1 Å². The minimum absolute atomic E-state index is 0.405. The maximum atomic E-state index is 12.1. The lowest BCUT2D eigenvalue weighted by atomic mass is 9.99. The number of amides is 1. The smallest absolute Gasteiger partial charge is 0.222 e. The Labute approximate surface area is 139 Å². The van der Waals surface area contributed by atoms with Gasteiger partial charge in [-0.15, -0.1) is 0 Å². The number of carbonyl (C=O) groups is 1. The summed E-state index contributed by atoms with van der Waals surface area (Å²) in [5.41, 5.74) is 0. The Hall–Kier alpha value is -0.530. The van der Waals surface area contributed by atoms with Crippen LogP contribution in [0.2, 0.25) is 0 Å². The molecule has 0 unspecified atom stereocenters. The van der Waals surface area contributed by atoms with E-state index in [2.05, 4.69) is 18.7 Å². The van der Waals surface area contributed by atoms with Gasteiger partial charge in [-0.05, 0) is 25.2 Å². The van der Waals surface area contributed by atoms with Gasteiger partial charge in [0.25, 0.3) is 0 Å². The van der Waals surface area contributed by atoms with E-state index in [1.54, 1.807) is 0 Å². The minimum atomic E-state index is 0.405. The Morgan fingerprint density at radius 2 is 1.27 bits per heavy atom. The van der Waals surface area contributed by atoms with E-state index >= 15 is 0 Å². The first-order valence-electron chi connectivity index (χ1n) is 10.0. The number of unbranched alkanes of at least 4 members (excludes halogenated alkanes) is 10. The molecule has 1 aliphatic heterocycles. The van der Waals surface area contributed by atoms with E-state index in [0.29, 0.717) is 5.91 Å². The van der Waals surface area contributed by atoms with E-state index in [1.807, 2.05) is 0 Å². The van der Waals surface area contributed by atoms with Crippen molar-refractivity contribution in [3.8, 4) is 0 Å². The van der Waals surface area contributed by atoms with Crippen molar-refractivity contribution in [3.05, 3.63) is 0 Å². The third kappa shape index (κ3) is 9.48. The molecule has 0 N–H and O–H groups in total. The van der Waals surface area contributed by atoms with Gasteiger partial charge in [0.05, 0.1) is 0 Å². The van der Waals surface area contributed by atoms with E-state index in [9.17, 15) is 4.79 Å². The fourth-order valence-electron chi connectivity index (χ4n) is 3.36. The fraction of sp³-hybridized carbons (Fsp3) is 0.950. The summed E-state index contributed by atoms with van der Waals surface area (Å²) in [4.78, 5) is 14.2. The quantitative estimate of drug-likeness (QED) is 0.408. The Bertz CT molecular complexity index is 269. The lowest BCUT2D eigenvalue weighted by Crippen LogP contribution is -2.37. The first-order chi connectivity index (χ1) is 10.7. The monoisotopic (exact) mass is 309 g/mol. The molecule has 0 aromatic rings. The van der Waals surface area contributed by atoms with Gasteiger partial charge in [0.1, 0.15) is 0 Å². The fourth-order valence-corrected chi connectivity index (χ4v) is 3.36. The standard InChI is InChI=1S/C20H39NO/c1-3-4-5-6-7-8-9-10-11-12-13-14-20(22)21-17-15-19(2)16-18-21/h19H,3-18H2,1-2H3. The van der Waals surface area contributed by atoms with Crippen LogP contribution in [0.15, 0.2) is 0 Å². The molecule has 1 fully saturated rings. The van der Waals surface area contributed by atoms with Crippen molar-refractivity contribution in [1.82, 2.24) is 4.90 Å². The molecule has 22 heavy (non-hydrogen) atoms. The summed E-state index contributed by atoms with van der Waals surface area (Å²) in [6.45, 7) is 6.57. The topological polar surface area (TPSA) is 20.3 Å². The largest absolute Gasteiger partial charge is 0.343 e. The van der Waals surface area contributed by atoms with Crippen LogP contribution in [-0.4, -0.2) is 23.9 Å². The van der Waals surface area contributed by atoms with Crippen LogP contribution in [0.1, 0.15) is 104 Å². The zero-order valence-corrected chi connectivity index (χ0v) is 15.2. The molecule has 2 nitrogen and oxygen atoms in total. The van der Waals surface area contributed by atoms with Crippen LogP contribution in [0.25, 0.3) is 0 Å². The molecular weight excluding hydrogens is 270 g/mol. The number of likely N-dealkylation sites (tertiary alicyclic amines) is 1. The second kappa shape index (κ2) is 13.0. The SMILES string of the molecule is CCCCCCCCCCCCCC(=O)N1CCC(C)CC1. The molecule has 1 rings (SSSR count). The van der Waals surface area contributed by atoms with Crippen LogP contribution < -0.4 is 0 Å². The Morgan fingerprint density at radius 1 is 0.818 bits per heavy atom. The summed E-state index contributed by atoms with van der Waals surface area (Å²) < 4.78 is 0. The van der Waals surface area contributed by atoms with Crippen molar-refractivity contribution in [2.45, 2.75) is 104 Å². The minimum Gasteiger partial charge on any atom is -0.343 e. The molecule has 0 aromatic carbocycles. The molecule has 0 bridgehead atoms. The van der Waals surface area contributed by atoms with Crippen LogP contribution in [0, 0.1) is 5.92 Å². The summed E-state index contributed by atoms with van der Waals surface area (Å²) in [6.07, 6.45) is 18.0. The van der Waals surface area contributed by atoms with E-state index in [4.69, 9.17) is 0 Å². The van der Waals surface area contributed by atoms with Crippen molar-refractivity contribution < 1.29 is 4.79 Å². The number of hydrogen-bond acceptors (Lipinski definition) is 1. The van der Waals surface area contributed by atoms with Gasteiger partial charge in [0.15, 0.2) is 0 Å². The molecular formula is C20H39NO. The Morgan fingerprint density at radius 3 is 1.77 bits per heavy atom. The van der Waals surface area contributed by atoms with Crippen molar-refractivity contribution in [3.63, 3.8) is 0 Å². The summed E-state index contributed by atoms with van der Waals surface area (Å²) in [7, 11) is 0. The summed E-state index contributed by atoms with van der Waals surface area (Å²) >= 11 is 0.